The molecular weight excluding hydrogens is 853 g/mol. The molecule has 324 valence electrons. The molecule has 0 radical (unpaired) electrons. The van der Waals surface area contributed by atoms with Crippen LogP contribution in [0.25, 0.3) is 149 Å². The average molecular weight is 891 g/mol. The molecule has 70 heavy (non-hydrogen) atoms. The number of benzene rings is 12. The lowest BCUT2D eigenvalue weighted by Crippen LogP contribution is -2.02. The third-order valence-corrected chi connectivity index (χ3v) is 14.4. The van der Waals surface area contributed by atoms with E-state index < -0.39 is 0 Å². The maximum Gasteiger partial charge on any atom is 0.164 e. The van der Waals surface area contributed by atoms with Gasteiger partial charge in [0.2, 0.25) is 0 Å². The number of fused-ring (bicyclic) bond motifs is 13. The van der Waals surface area contributed by atoms with Gasteiger partial charge in [-0.2, -0.15) is 0 Å². The van der Waals surface area contributed by atoms with E-state index in [1.165, 1.54) is 43.1 Å². The van der Waals surface area contributed by atoms with Gasteiger partial charge in [-0.25, -0.2) is 15.0 Å². The smallest absolute Gasteiger partial charge is 0.164 e. The molecule has 0 aliphatic carbocycles. The van der Waals surface area contributed by atoms with Crippen LogP contribution < -0.4 is 0 Å². The van der Waals surface area contributed by atoms with Crippen molar-refractivity contribution in [1.29, 1.82) is 0 Å². The largest absolute Gasteiger partial charge is 0.456 e. The van der Waals surface area contributed by atoms with E-state index in [9.17, 15) is 0 Å². The van der Waals surface area contributed by atoms with E-state index in [0.29, 0.717) is 17.5 Å². The second-order valence-electron chi connectivity index (χ2n) is 18.3. The highest BCUT2D eigenvalue weighted by atomic mass is 16.3. The van der Waals surface area contributed by atoms with Crippen LogP contribution in [-0.4, -0.2) is 19.5 Å². The van der Waals surface area contributed by atoms with Gasteiger partial charge < -0.3 is 8.98 Å². The van der Waals surface area contributed by atoms with E-state index in [2.05, 4.69) is 223 Å². The lowest BCUT2D eigenvalue weighted by Gasteiger charge is -2.17. The molecule has 0 N–H and O–H groups in total. The van der Waals surface area contributed by atoms with Gasteiger partial charge >= 0.3 is 0 Å². The maximum absolute atomic E-state index is 6.38. The zero-order valence-corrected chi connectivity index (χ0v) is 37.6. The first-order valence-electron chi connectivity index (χ1n) is 23.7. The van der Waals surface area contributed by atoms with Gasteiger partial charge in [0.1, 0.15) is 11.2 Å². The monoisotopic (exact) mass is 890 g/mol. The summed E-state index contributed by atoms with van der Waals surface area (Å²) in [6, 6.07) is 82.4. The highest BCUT2D eigenvalue weighted by molar-refractivity contribution is 6.16. The van der Waals surface area contributed by atoms with Crippen molar-refractivity contribution in [2.45, 2.75) is 0 Å². The van der Waals surface area contributed by atoms with Gasteiger partial charge in [-0.05, 0) is 114 Å². The molecule has 15 aromatic rings. The predicted octanol–water partition coefficient (Wildman–Crippen LogP) is 17.3. The second kappa shape index (κ2) is 15.0. The van der Waals surface area contributed by atoms with Crippen LogP contribution in [0.5, 0.6) is 0 Å². The summed E-state index contributed by atoms with van der Waals surface area (Å²) in [7, 11) is 0. The Balaban J connectivity index is 1.02. The molecule has 0 atom stereocenters. The van der Waals surface area contributed by atoms with E-state index in [1.54, 1.807) is 0 Å². The molecule has 0 fully saturated rings. The summed E-state index contributed by atoms with van der Waals surface area (Å²) in [5.41, 5.74) is 9.91. The quantitative estimate of drug-likeness (QED) is 0.162. The highest BCUT2D eigenvalue weighted by Gasteiger charge is 2.22. The molecule has 0 saturated carbocycles. The van der Waals surface area contributed by atoms with Crippen LogP contribution >= 0.6 is 0 Å². The number of aromatic nitrogens is 4. The topological polar surface area (TPSA) is 56.7 Å². The van der Waals surface area contributed by atoms with Gasteiger partial charge in [0, 0.05) is 43.8 Å². The molecule has 0 saturated heterocycles. The Morgan fingerprint density at radius 1 is 0.271 bits per heavy atom. The lowest BCUT2D eigenvalue weighted by molar-refractivity contribution is 0.669. The van der Waals surface area contributed by atoms with Crippen LogP contribution in [0.15, 0.2) is 235 Å². The fraction of sp³-hybridized carbons (Fsp3) is 0. The van der Waals surface area contributed by atoms with Crippen LogP contribution in [0.4, 0.5) is 0 Å². The van der Waals surface area contributed by atoms with Gasteiger partial charge in [-0.1, -0.05) is 176 Å². The summed E-state index contributed by atoms with van der Waals surface area (Å²) in [5.74, 6) is 1.82. The Hall–Kier alpha value is -9.45. The molecular formula is C65H38N4O. The van der Waals surface area contributed by atoms with Crippen molar-refractivity contribution in [3.05, 3.63) is 231 Å². The van der Waals surface area contributed by atoms with Crippen molar-refractivity contribution >= 4 is 97.6 Å². The first-order valence-corrected chi connectivity index (χ1v) is 23.7. The summed E-state index contributed by atoms with van der Waals surface area (Å²) in [5, 5.41) is 16.2. The van der Waals surface area contributed by atoms with Crippen molar-refractivity contribution in [1.82, 2.24) is 19.5 Å². The molecule has 3 heterocycles. The minimum atomic E-state index is 0.589. The minimum absolute atomic E-state index is 0.589. The van der Waals surface area contributed by atoms with Crippen LogP contribution in [-0.2, 0) is 0 Å². The zero-order chi connectivity index (χ0) is 45.9. The molecule has 0 aliphatic rings. The number of nitrogens with zero attached hydrogens (tertiary/aromatic N) is 4. The number of furan rings is 1. The third kappa shape index (κ3) is 5.88. The normalized spacial score (nSPS) is 12.0. The van der Waals surface area contributed by atoms with Crippen molar-refractivity contribution < 1.29 is 4.42 Å². The van der Waals surface area contributed by atoms with Crippen molar-refractivity contribution in [3.8, 4) is 51.0 Å². The first kappa shape index (κ1) is 38.6. The van der Waals surface area contributed by atoms with Crippen LogP contribution in [0.2, 0.25) is 0 Å². The van der Waals surface area contributed by atoms with Gasteiger partial charge in [0.05, 0.1) is 16.7 Å². The zero-order valence-electron chi connectivity index (χ0n) is 37.6. The molecule has 3 aromatic heterocycles. The Morgan fingerprint density at radius 3 is 1.51 bits per heavy atom. The van der Waals surface area contributed by atoms with Gasteiger partial charge in [0.15, 0.2) is 17.5 Å². The van der Waals surface area contributed by atoms with E-state index >= 15 is 0 Å². The number of rotatable bonds is 5. The highest BCUT2D eigenvalue weighted by Crippen LogP contribution is 2.42. The Morgan fingerprint density at radius 2 is 0.814 bits per heavy atom. The summed E-state index contributed by atoms with van der Waals surface area (Å²) in [4.78, 5) is 16.3. The van der Waals surface area contributed by atoms with E-state index in [-0.39, 0.29) is 0 Å². The average Bonchev–Trinajstić information content (AvgIpc) is 3.96. The third-order valence-electron chi connectivity index (χ3n) is 14.4. The standard InChI is InChI=1S/C65H38N4O/c1-2-16-42-38-60-56(35-41(42)15-1)51-19-7-9-25-58(51)69(60)59-33-29-44(37-55(59)43-30-34-62-57(36-43)52-20-8-10-26-61(52)70-62)63-66-64(53-23-11-21-47-45-17-5-3-13-39(45)27-31-49(47)53)68-65(67-63)54-24-12-22-48-46-18-6-4-14-40(46)28-32-50(48)54/h1-38H. The molecule has 15 rings (SSSR count). The molecule has 0 bridgehead atoms. The second-order valence-corrected chi connectivity index (χ2v) is 18.3. The maximum atomic E-state index is 6.38. The van der Waals surface area contributed by atoms with Crippen LogP contribution in [0, 0.1) is 0 Å². The Bertz CT molecular complexity index is 4540. The Labute approximate surface area is 401 Å². The van der Waals surface area contributed by atoms with Gasteiger partial charge in [-0.15, -0.1) is 0 Å². The van der Waals surface area contributed by atoms with E-state index in [4.69, 9.17) is 19.4 Å². The molecule has 0 unspecified atom stereocenters. The Kier molecular flexibility index (Phi) is 8.29. The molecule has 12 aromatic carbocycles. The van der Waals surface area contributed by atoms with Gasteiger partial charge in [0.25, 0.3) is 0 Å². The van der Waals surface area contributed by atoms with E-state index in [0.717, 1.165) is 88.0 Å². The van der Waals surface area contributed by atoms with Crippen LogP contribution in [0.1, 0.15) is 0 Å². The van der Waals surface area contributed by atoms with Crippen molar-refractivity contribution in [2.75, 3.05) is 0 Å². The van der Waals surface area contributed by atoms with Crippen molar-refractivity contribution in [3.63, 3.8) is 0 Å². The summed E-state index contributed by atoms with van der Waals surface area (Å²) in [6.45, 7) is 0. The summed E-state index contributed by atoms with van der Waals surface area (Å²) in [6.07, 6.45) is 0. The molecule has 5 nitrogen and oxygen atoms in total. The fourth-order valence-electron chi connectivity index (χ4n) is 11.1. The molecule has 0 spiro atoms. The molecule has 0 amide bonds. The lowest BCUT2D eigenvalue weighted by atomic mass is 9.97. The summed E-state index contributed by atoms with van der Waals surface area (Å²) >= 11 is 0. The van der Waals surface area contributed by atoms with E-state index in [1.807, 2.05) is 12.1 Å². The molecule has 0 aliphatic heterocycles. The number of hydrogen-bond acceptors (Lipinski definition) is 4. The fourth-order valence-corrected chi connectivity index (χ4v) is 11.1. The SMILES string of the molecule is c1ccc2cc3c(cc2c1)c1ccccc1n3-c1ccc(-c2nc(-c3cccc4c3ccc3ccccc34)nc(-c3cccc4c3ccc3ccccc34)n2)cc1-c1ccc2oc3ccccc3c2c1. The summed E-state index contributed by atoms with van der Waals surface area (Å²) < 4.78 is 8.81. The predicted molar refractivity (Wildman–Crippen MR) is 291 cm³/mol. The number of para-hydroxylation sites is 2. The van der Waals surface area contributed by atoms with Gasteiger partial charge in [-0.3, -0.25) is 0 Å². The van der Waals surface area contributed by atoms with Crippen molar-refractivity contribution in [2.24, 2.45) is 0 Å². The van der Waals surface area contributed by atoms with Crippen LogP contribution in [0.3, 0.4) is 0 Å². The first-order chi connectivity index (χ1) is 34.7. The minimum Gasteiger partial charge on any atom is -0.456 e. The molecule has 5 heteroatoms. The number of hydrogen-bond donors (Lipinski definition) is 0.